The van der Waals surface area contributed by atoms with Crippen molar-refractivity contribution in [3.63, 3.8) is 0 Å². The fraction of sp³-hybridized carbons (Fsp3) is 0.533. The lowest BCUT2D eigenvalue weighted by molar-refractivity contribution is 0.173. The van der Waals surface area contributed by atoms with E-state index in [4.69, 9.17) is 0 Å². The van der Waals surface area contributed by atoms with Gasteiger partial charge in [0.05, 0.1) is 12.0 Å². The van der Waals surface area contributed by atoms with Gasteiger partial charge in [0, 0.05) is 6.04 Å². The van der Waals surface area contributed by atoms with Crippen LogP contribution in [-0.4, -0.2) is 25.0 Å². The molecule has 1 fully saturated rings. The minimum absolute atomic E-state index is 0.199. The van der Waals surface area contributed by atoms with E-state index in [1.165, 1.54) is 5.56 Å². The molecule has 2 rings (SSSR count). The van der Waals surface area contributed by atoms with Crippen LogP contribution in [-0.2, 0) is 0 Å². The Balaban J connectivity index is 2.12. The maximum absolute atomic E-state index is 9.19. The summed E-state index contributed by atoms with van der Waals surface area (Å²) in [6.07, 6.45) is 3.28. The first-order chi connectivity index (χ1) is 8.22. The Labute approximate surface area is 104 Å². The smallest absolute Gasteiger partial charge is 0.0672 e. The van der Waals surface area contributed by atoms with Crippen molar-refractivity contribution in [2.45, 2.75) is 31.2 Å². The lowest BCUT2D eigenvalue weighted by Gasteiger charge is -2.37. The monoisotopic (exact) mass is 228 g/mol. The third-order valence-corrected chi connectivity index (χ3v) is 3.92. The summed E-state index contributed by atoms with van der Waals surface area (Å²) in [5, 5.41) is 9.19. The molecule has 90 valence electrons. The molecule has 1 aromatic carbocycles. The minimum atomic E-state index is 0.199. The Bertz CT molecular complexity index is 391. The fourth-order valence-corrected chi connectivity index (χ4v) is 2.90. The van der Waals surface area contributed by atoms with Crippen molar-refractivity contribution in [1.82, 2.24) is 4.90 Å². The number of nitrogens with zero attached hydrogens (tertiary/aromatic N) is 2. The van der Waals surface area contributed by atoms with Gasteiger partial charge in [0.25, 0.3) is 0 Å². The molecule has 0 aromatic heterocycles. The van der Waals surface area contributed by atoms with Crippen LogP contribution in [0.25, 0.3) is 0 Å². The van der Waals surface area contributed by atoms with Crippen molar-refractivity contribution < 1.29 is 0 Å². The first-order valence-corrected chi connectivity index (χ1v) is 6.33. The van der Waals surface area contributed by atoms with Crippen LogP contribution in [0.1, 0.15) is 30.7 Å². The van der Waals surface area contributed by atoms with Crippen molar-refractivity contribution in [1.29, 1.82) is 5.26 Å². The molecule has 1 aliphatic rings. The van der Waals surface area contributed by atoms with Crippen LogP contribution in [0.4, 0.5) is 0 Å². The highest BCUT2D eigenvalue weighted by atomic mass is 15.1. The maximum atomic E-state index is 9.19. The highest BCUT2D eigenvalue weighted by molar-refractivity contribution is 5.21. The lowest BCUT2D eigenvalue weighted by atomic mass is 9.75. The van der Waals surface area contributed by atoms with E-state index >= 15 is 0 Å². The fourth-order valence-electron chi connectivity index (χ4n) is 2.90. The number of hydrogen-bond acceptors (Lipinski definition) is 2. The average molecular weight is 228 g/mol. The van der Waals surface area contributed by atoms with Crippen LogP contribution in [0, 0.1) is 17.2 Å². The number of nitriles is 1. The van der Waals surface area contributed by atoms with Gasteiger partial charge in [-0.1, -0.05) is 30.3 Å². The zero-order valence-corrected chi connectivity index (χ0v) is 10.6. The van der Waals surface area contributed by atoms with E-state index in [-0.39, 0.29) is 5.92 Å². The third-order valence-electron chi connectivity index (χ3n) is 3.92. The number of hydrogen-bond donors (Lipinski definition) is 0. The summed E-state index contributed by atoms with van der Waals surface area (Å²) in [5.41, 5.74) is 1.43. The molecule has 2 nitrogen and oxygen atoms in total. The quantitative estimate of drug-likeness (QED) is 0.778. The van der Waals surface area contributed by atoms with Gasteiger partial charge in [-0.15, -0.1) is 0 Å². The van der Waals surface area contributed by atoms with E-state index in [2.05, 4.69) is 55.4 Å². The van der Waals surface area contributed by atoms with Crippen LogP contribution in [0.15, 0.2) is 30.3 Å². The van der Waals surface area contributed by atoms with E-state index in [0.717, 1.165) is 19.3 Å². The molecular formula is C15H20N2. The summed E-state index contributed by atoms with van der Waals surface area (Å²) in [6, 6.07) is 13.6. The van der Waals surface area contributed by atoms with Crippen molar-refractivity contribution in [2.24, 2.45) is 5.92 Å². The van der Waals surface area contributed by atoms with E-state index in [0.29, 0.717) is 12.0 Å². The molecule has 0 heterocycles. The second-order valence-corrected chi connectivity index (χ2v) is 5.19. The Morgan fingerprint density at radius 2 is 1.88 bits per heavy atom. The molecule has 17 heavy (non-hydrogen) atoms. The van der Waals surface area contributed by atoms with Gasteiger partial charge in [0.2, 0.25) is 0 Å². The normalized spacial score (nSPS) is 28.9. The van der Waals surface area contributed by atoms with Gasteiger partial charge in [0.15, 0.2) is 0 Å². The van der Waals surface area contributed by atoms with E-state index in [9.17, 15) is 5.26 Å². The zero-order chi connectivity index (χ0) is 12.3. The summed E-state index contributed by atoms with van der Waals surface area (Å²) >= 11 is 0. The first kappa shape index (κ1) is 12.1. The highest BCUT2D eigenvalue weighted by Crippen LogP contribution is 2.37. The number of rotatable bonds is 2. The summed E-state index contributed by atoms with van der Waals surface area (Å²) in [7, 11) is 4.17. The molecule has 0 radical (unpaired) electrons. The standard InChI is InChI=1S/C15H20N2/c1-17(2)15-10-13(8-9-14(15)11-16)12-6-4-3-5-7-12/h3-7,13-15H,8-10H2,1-2H3. The van der Waals surface area contributed by atoms with Crippen LogP contribution >= 0.6 is 0 Å². The van der Waals surface area contributed by atoms with Crippen LogP contribution in [0.2, 0.25) is 0 Å². The molecule has 0 saturated heterocycles. The highest BCUT2D eigenvalue weighted by Gasteiger charge is 2.32. The summed E-state index contributed by atoms with van der Waals surface area (Å²) in [4.78, 5) is 2.21. The largest absolute Gasteiger partial charge is 0.305 e. The topological polar surface area (TPSA) is 27.0 Å². The lowest BCUT2D eigenvalue weighted by Crippen LogP contribution is -2.39. The third kappa shape index (κ3) is 2.68. The summed E-state index contributed by atoms with van der Waals surface area (Å²) in [5.74, 6) is 0.818. The van der Waals surface area contributed by atoms with Gasteiger partial charge < -0.3 is 4.90 Å². The molecule has 0 spiro atoms. The van der Waals surface area contributed by atoms with Crippen molar-refractivity contribution >= 4 is 0 Å². The van der Waals surface area contributed by atoms with Crippen LogP contribution in [0.5, 0.6) is 0 Å². The van der Waals surface area contributed by atoms with Crippen molar-refractivity contribution in [3.8, 4) is 6.07 Å². The minimum Gasteiger partial charge on any atom is -0.305 e. The van der Waals surface area contributed by atoms with Crippen molar-refractivity contribution in [2.75, 3.05) is 14.1 Å². The van der Waals surface area contributed by atoms with Gasteiger partial charge in [-0.3, -0.25) is 0 Å². The van der Waals surface area contributed by atoms with E-state index in [1.807, 2.05) is 0 Å². The predicted molar refractivity (Wildman–Crippen MR) is 69.6 cm³/mol. The average Bonchev–Trinajstić information content (AvgIpc) is 2.39. The molecule has 2 heteroatoms. The van der Waals surface area contributed by atoms with Crippen molar-refractivity contribution in [3.05, 3.63) is 35.9 Å². The zero-order valence-electron chi connectivity index (χ0n) is 10.6. The first-order valence-electron chi connectivity index (χ1n) is 6.33. The SMILES string of the molecule is CN(C)C1CC(c2ccccc2)CCC1C#N. The summed E-state index contributed by atoms with van der Waals surface area (Å²) < 4.78 is 0. The molecule has 3 atom stereocenters. The predicted octanol–water partition coefficient (Wildman–Crippen LogP) is 3.02. The molecule has 0 bridgehead atoms. The Morgan fingerprint density at radius 1 is 1.18 bits per heavy atom. The van der Waals surface area contributed by atoms with Gasteiger partial charge in [-0.25, -0.2) is 0 Å². The van der Waals surface area contributed by atoms with Gasteiger partial charge >= 0.3 is 0 Å². The second kappa shape index (κ2) is 5.33. The Morgan fingerprint density at radius 3 is 2.47 bits per heavy atom. The second-order valence-electron chi connectivity index (χ2n) is 5.19. The molecule has 0 aliphatic heterocycles. The van der Waals surface area contributed by atoms with E-state index in [1.54, 1.807) is 0 Å². The molecular weight excluding hydrogens is 208 g/mol. The molecule has 1 aliphatic carbocycles. The Kier molecular flexibility index (Phi) is 3.81. The van der Waals surface area contributed by atoms with Gasteiger partial charge in [0.1, 0.15) is 0 Å². The molecule has 1 saturated carbocycles. The van der Waals surface area contributed by atoms with Crippen LogP contribution < -0.4 is 0 Å². The van der Waals surface area contributed by atoms with E-state index < -0.39 is 0 Å². The summed E-state index contributed by atoms with van der Waals surface area (Å²) in [6.45, 7) is 0. The Hall–Kier alpha value is -1.33. The molecule has 0 N–H and O–H groups in total. The molecule has 1 aromatic rings. The maximum Gasteiger partial charge on any atom is 0.0672 e. The molecule has 3 unspecified atom stereocenters. The number of benzene rings is 1. The van der Waals surface area contributed by atoms with Gasteiger partial charge in [-0.2, -0.15) is 5.26 Å². The van der Waals surface area contributed by atoms with Crippen LogP contribution in [0.3, 0.4) is 0 Å². The molecule has 0 amide bonds. The van der Waals surface area contributed by atoms with Gasteiger partial charge in [-0.05, 0) is 44.8 Å².